The molecule has 21 heavy (non-hydrogen) atoms. The minimum absolute atomic E-state index is 0.190. The molecule has 0 saturated carbocycles. The van der Waals surface area contributed by atoms with Crippen LogP contribution in [0.2, 0.25) is 0 Å². The fraction of sp³-hybridized carbons (Fsp3) is 0.188. The van der Waals surface area contributed by atoms with Crippen molar-refractivity contribution in [2.24, 2.45) is 0 Å². The van der Waals surface area contributed by atoms with Gasteiger partial charge in [0.2, 0.25) is 0 Å². The first-order valence-electron chi connectivity index (χ1n) is 6.74. The van der Waals surface area contributed by atoms with Crippen molar-refractivity contribution in [1.29, 1.82) is 0 Å². The average Bonchev–Trinajstić information content (AvgIpc) is 2.49. The lowest BCUT2D eigenvalue weighted by Gasteiger charge is -2.19. The molecule has 0 spiro atoms. The van der Waals surface area contributed by atoms with Crippen molar-refractivity contribution in [2.75, 3.05) is 6.16 Å². The summed E-state index contributed by atoms with van der Waals surface area (Å²) < 4.78 is 24.0. The third-order valence-corrected chi connectivity index (χ3v) is 4.57. The first kappa shape index (κ1) is 15.3. The van der Waals surface area contributed by atoms with Crippen LogP contribution in [0.3, 0.4) is 0 Å². The van der Waals surface area contributed by atoms with Crippen molar-refractivity contribution in [1.82, 2.24) is 0 Å². The Kier molecular flexibility index (Phi) is 5.59. The van der Waals surface area contributed by atoms with Crippen molar-refractivity contribution < 1.29 is 18.4 Å². The fourth-order valence-electron chi connectivity index (χ4n) is 1.76. The lowest BCUT2D eigenvalue weighted by atomic mass is 10.3. The standard InChI is InChI=1S/C16H17O4P/c17-13-7-8-14-21(18,19-15-9-3-1-4-10-15)20-16-11-5-2-6-12-16/h1-6,9-13H,7-8,14H2. The number of hydrogen-bond acceptors (Lipinski definition) is 4. The van der Waals surface area contributed by atoms with E-state index in [4.69, 9.17) is 9.05 Å². The lowest BCUT2D eigenvalue weighted by molar-refractivity contribution is -0.107. The Morgan fingerprint density at radius 3 is 1.76 bits per heavy atom. The van der Waals surface area contributed by atoms with Gasteiger partial charge in [-0.1, -0.05) is 36.4 Å². The minimum Gasteiger partial charge on any atom is -0.416 e. The summed E-state index contributed by atoms with van der Waals surface area (Å²) in [6, 6.07) is 17.8. The zero-order chi connectivity index (χ0) is 15.0. The summed E-state index contributed by atoms with van der Waals surface area (Å²) in [5.74, 6) is 0.978. The van der Waals surface area contributed by atoms with Crippen LogP contribution >= 0.6 is 7.60 Å². The van der Waals surface area contributed by atoms with Crippen LogP contribution in [-0.2, 0) is 9.36 Å². The second-order valence-corrected chi connectivity index (χ2v) is 6.49. The van der Waals surface area contributed by atoms with Crippen molar-refractivity contribution in [3.8, 4) is 11.5 Å². The summed E-state index contributed by atoms with van der Waals surface area (Å²) >= 11 is 0. The van der Waals surface area contributed by atoms with Gasteiger partial charge in [-0.15, -0.1) is 0 Å². The van der Waals surface area contributed by atoms with Crippen molar-refractivity contribution >= 4 is 13.9 Å². The quantitative estimate of drug-likeness (QED) is 0.414. The molecule has 0 aliphatic carbocycles. The van der Waals surface area contributed by atoms with E-state index in [9.17, 15) is 9.36 Å². The summed E-state index contributed by atoms with van der Waals surface area (Å²) in [6.07, 6.45) is 1.78. The Bertz CT molecular complexity index is 553. The van der Waals surface area contributed by atoms with Crippen molar-refractivity contribution in [3.05, 3.63) is 60.7 Å². The van der Waals surface area contributed by atoms with Crippen LogP contribution in [0.5, 0.6) is 11.5 Å². The largest absolute Gasteiger partial charge is 0.430 e. The molecule has 0 aromatic heterocycles. The molecule has 0 bridgehead atoms. The van der Waals surface area contributed by atoms with Gasteiger partial charge < -0.3 is 13.8 Å². The molecule has 4 nitrogen and oxygen atoms in total. The van der Waals surface area contributed by atoms with Gasteiger partial charge >= 0.3 is 7.60 Å². The predicted molar refractivity (Wildman–Crippen MR) is 81.9 cm³/mol. The predicted octanol–water partition coefficient (Wildman–Crippen LogP) is 4.32. The highest BCUT2D eigenvalue weighted by Gasteiger charge is 2.27. The summed E-state index contributed by atoms with van der Waals surface area (Å²) in [5.41, 5.74) is 0. The summed E-state index contributed by atoms with van der Waals surface area (Å²) in [5, 5.41) is 0. The van der Waals surface area contributed by atoms with Crippen LogP contribution in [0.25, 0.3) is 0 Å². The highest BCUT2D eigenvalue weighted by Crippen LogP contribution is 2.49. The van der Waals surface area contributed by atoms with Crippen LogP contribution in [-0.4, -0.2) is 12.4 Å². The molecule has 2 aromatic carbocycles. The second kappa shape index (κ2) is 7.65. The van der Waals surface area contributed by atoms with E-state index >= 15 is 0 Å². The molecule has 0 aliphatic rings. The van der Waals surface area contributed by atoms with E-state index < -0.39 is 7.60 Å². The molecule has 0 saturated heterocycles. The van der Waals surface area contributed by atoms with Crippen LogP contribution in [0.1, 0.15) is 12.8 Å². The molecule has 0 atom stereocenters. The Morgan fingerprint density at radius 1 is 0.857 bits per heavy atom. The van der Waals surface area contributed by atoms with Crippen molar-refractivity contribution in [2.45, 2.75) is 12.8 Å². The summed E-state index contributed by atoms with van der Waals surface area (Å²) in [7, 11) is -3.35. The Labute approximate surface area is 124 Å². The van der Waals surface area contributed by atoms with Gasteiger partial charge in [0.25, 0.3) is 0 Å². The average molecular weight is 304 g/mol. The molecule has 5 heteroatoms. The second-order valence-electron chi connectivity index (χ2n) is 4.45. The molecule has 0 unspecified atom stereocenters. The van der Waals surface area contributed by atoms with Gasteiger partial charge in [-0.25, -0.2) is 4.57 Å². The van der Waals surface area contributed by atoms with Crippen LogP contribution in [0.15, 0.2) is 60.7 Å². The molecule has 2 aromatic rings. The van der Waals surface area contributed by atoms with E-state index in [0.29, 0.717) is 24.3 Å². The van der Waals surface area contributed by atoms with Gasteiger partial charge in [0, 0.05) is 6.42 Å². The Hall–Kier alpha value is -2.06. The van der Waals surface area contributed by atoms with E-state index in [1.54, 1.807) is 48.5 Å². The molecule has 2 rings (SSSR count). The highest BCUT2D eigenvalue weighted by atomic mass is 31.2. The Morgan fingerprint density at radius 2 is 1.33 bits per heavy atom. The molecule has 0 aliphatic heterocycles. The molecule has 0 radical (unpaired) electrons. The van der Waals surface area contributed by atoms with Crippen LogP contribution in [0.4, 0.5) is 0 Å². The van der Waals surface area contributed by atoms with Crippen LogP contribution < -0.4 is 9.05 Å². The van der Waals surface area contributed by atoms with Gasteiger partial charge in [-0.05, 0) is 30.7 Å². The fourth-order valence-corrected chi connectivity index (χ4v) is 3.44. The molecular weight excluding hydrogens is 287 g/mol. The third-order valence-electron chi connectivity index (χ3n) is 2.73. The molecule has 0 heterocycles. The van der Waals surface area contributed by atoms with E-state index in [2.05, 4.69) is 0 Å². The number of para-hydroxylation sites is 2. The van der Waals surface area contributed by atoms with E-state index in [0.717, 1.165) is 6.29 Å². The van der Waals surface area contributed by atoms with E-state index in [-0.39, 0.29) is 6.16 Å². The number of benzene rings is 2. The number of aldehydes is 1. The SMILES string of the molecule is O=CCCCP(=O)(Oc1ccccc1)Oc1ccccc1. The third kappa shape index (κ3) is 5.09. The highest BCUT2D eigenvalue weighted by molar-refractivity contribution is 7.54. The maximum absolute atomic E-state index is 12.9. The van der Waals surface area contributed by atoms with Crippen molar-refractivity contribution in [3.63, 3.8) is 0 Å². The summed E-state index contributed by atoms with van der Waals surface area (Å²) in [4.78, 5) is 10.4. The molecular formula is C16H17O4P. The monoisotopic (exact) mass is 304 g/mol. The zero-order valence-corrected chi connectivity index (χ0v) is 12.4. The zero-order valence-electron chi connectivity index (χ0n) is 11.6. The molecule has 110 valence electrons. The number of hydrogen-bond donors (Lipinski definition) is 0. The maximum atomic E-state index is 12.9. The lowest BCUT2D eigenvalue weighted by Crippen LogP contribution is -2.05. The normalized spacial score (nSPS) is 10.9. The first-order valence-corrected chi connectivity index (χ1v) is 8.47. The molecule has 0 amide bonds. The van der Waals surface area contributed by atoms with Gasteiger partial charge in [0.05, 0.1) is 6.16 Å². The number of rotatable bonds is 8. The number of carbonyl (C=O) groups is 1. The summed E-state index contributed by atoms with van der Waals surface area (Å²) in [6.45, 7) is 0. The smallest absolute Gasteiger partial charge is 0.416 e. The maximum Gasteiger partial charge on any atom is 0.430 e. The number of carbonyl (C=O) groups excluding carboxylic acids is 1. The Balaban J connectivity index is 2.13. The molecule has 0 fully saturated rings. The topological polar surface area (TPSA) is 52.6 Å². The molecule has 0 N–H and O–H groups in total. The minimum atomic E-state index is -3.35. The van der Waals surface area contributed by atoms with Gasteiger partial charge in [-0.3, -0.25) is 0 Å². The van der Waals surface area contributed by atoms with Gasteiger partial charge in [-0.2, -0.15) is 0 Å². The van der Waals surface area contributed by atoms with E-state index in [1.165, 1.54) is 0 Å². The first-order chi connectivity index (χ1) is 10.2. The van der Waals surface area contributed by atoms with Gasteiger partial charge in [0.15, 0.2) is 0 Å². The van der Waals surface area contributed by atoms with Crippen LogP contribution in [0, 0.1) is 0 Å². The van der Waals surface area contributed by atoms with E-state index in [1.807, 2.05) is 12.1 Å². The number of unbranched alkanes of at least 4 members (excludes halogenated alkanes) is 1. The van der Waals surface area contributed by atoms with Gasteiger partial charge in [0.1, 0.15) is 17.8 Å².